The molecule has 72 valence electrons. The number of hydrogen-bond acceptors (Lipinski definition) is 2. The maximum Gasteiger partial charge on any atom is 0.137 e. The fourth-order valence-corrected chi connectivity index (χ4v) is 1.78. The van der Waals surface area contributed by atoms with Crippen LogP contribution < -0.4 is 0 Å². The van der Waals surface area contributed by atoms with Gasteiger partial charge < -0.3 is 9.67 Å². The summed E-state index contributed by atoms with van der Waals surface area (Å²) in [6, 6.07) is 0. The molecule has 1 aromatic rings. The van der Waals surface area contributed by atoms with Crippen LogP contribution in [0.4, 0.5) is 0 Å². The standard InChI is InChI=1S/C10H16N2O/c1-7(8-3-4-8)9(13)10-11-5-6-12(10)2/h5-9,13H,3-4H2,1-2H3. The normalized spacial score (nSPS) is 21.5. The van der Waals surface area contributed by atoms with Crippen molar-refractivity contribution in [1.82, 2.24) is 9.55 Å². The van der Waals surface area contributed by atoms with Crippen LogP contribution in [0.15, 0.2) is 12.4 Å². The molecular formula is C10H16N2O. The summed E-state index contributed by atoms with van der Waals surface area (Å²) in [5, 5.41) is 9.99. The van der Waals surface area contributed by atoms with E-state index in [-0.39, 0.29) is 0 Å². The lowest BCUT2D eigenvalue weighted by atomic mass is 9.99. The predicted molar refractivity (Wildman–Crippen MR) is 50.1 cm³/mol. The van der Waals surface area contributed by atoms with Gasteiger partial charge in [-0.1, -0.05) is 6.92 Å². The molecule has 0 saturated heterocycles. The Balaban J connectivity index is 2.11. The van der Waals surface area contributed by atoms with E-state index in [0.29, 0.717) is 11.8 Å². The first-order valence-electron chi connectivity index (χ1n) is 4.85. The molecule has 0 aliphatic heterocycles. The van der Waals surface area contributed by atoms with E-state index < -0.39 is 6.10 Å². The van der Waals surface area contributed by atoms with Gasteiger partial charge in [0.1, 0.15) is 11.9 Å². The van der Waals surface area contributed by atoms with Gasteiger partial charge in [-0.25, -0.2) is 4.98 Å². The number of aliphatic hydroxyl groups excluding tert-OH is 1. The van der Waals surface area contributed by atoms with E-state index in [0.717, 1.165) is 5.82 Å². The highest BCUT2D eigenvalue weighted by Gasteiger charge is 2.34. The van der Waals surface area contributed by atoms with Gasteiger partial charge in [0, 0.05) is 19.4 Å². The van der Waals surface area contributed by atoms with Gasteiger partial charge in [0.15, 0.2) is 0 Å². The zero-order valence-electron chi connectivity index (χ0n) is 8.14. The molecular weight excluding hydrogens is 164 g/mol. The zero-order chi connectivity index (χ0) is 9.42. The lowest BCUT2D eigenvalue weighted by Crippen LogP contribution is -2.15. The van der Waals surface area contributed by atoms with E-state index in [1.54, 1.807) is 6.20 Å². The van der Waals surface area contributed by atoms with Crippen molar-refractivity contribution in [2.75, 3.05) is 0 Å². The van der Waals surface area contributed by atoms with Crippen LogP contribution in [0.5, 0.6) is 0 Å². The Morgan fingerprint density at radius 2 is 2.31 bits per heavy atom. The van der Waals surface area contributed by atoms with Crippen molar-refractivity contribution in [1.29, 1.82) is 0 Å². The minimum absolute atomic E-state index is 0.348. The molecule has 1 heterocycles. The Hall–Kier alpha value is -0.830. The summed E-state index contributed by atoms with van der Waals surface area (Å²) in [5.41, 5.74) is 0. The molecule has 3 nitrogen and oxygen atoms in total. The molecule has 0 spiro atoms. The minimum Gasteiger partial charge on any atom is -0.385 e. The summed E-state index contributed by atoms with van der Waals surface area (Å²) in [6.45, 7) is 2.11. The molecule has 1 aliphatic rings. The van der Waals surface area contributed by atoms with Gasteiger partial charge in [-0.15, -0.1) is 0 Å². The van der Waals surface area contributed by atoms with Crippen molar-refractivity contribution < 1.29 is 5.11 Å². The number of aryl methyl sites for hydroxylation is 1. The van der Waals surface area contributed by atoms with Crippen molar-refractivity contribution in [3.05, 3.63) is 18.2 Å². The topological polar surface area (TPSA) is 38.1 Å². The Kier molecular flexibility index (Phi) is 2.12. The van der Waals surface area contributed by atoms with Crippen LogP contribution in [0.1, 0.15) is 31.7 Å². The number of aliphatic hydroxyl groups is 1. The van der Waals surface area contributed by atoms with Gasteiger partial charge in [-0.05, 0) is 24.7 Å². The number of nitrogens with zero attached hydrogens (tertiary/aromatic N) is 2. The van der Waals surface area contributed by atoms with Gasteiger partial charge in [0.05, 0.1) is 0 Å². The summed E-state index contributed by atoms with van der Waals surface area (Å²) < 4.78 is 1.89. The van der Waals surface area contributed by atoms with Crippen LogP contribution >= 0.6 is 0 Å². The maximum atomic E-state index is 9.99. The van der Waals surface area contributed by atoms with Gasteiger partial charge in [-0.3, -0.25) is 0 Å². The summed E-state index contributed by atoms with van der Waals surface area (Å²) in [4.78, 5) is 4.16. The third-order valence-corrected chi connectivity index (χ3v) is 2.99. The summed E-state index contributed by atoms with van der Waals surface area (Å²) in [7, 11) is 1.92. The predicted octanol–water partition coefficient (Wildman–Crippen LogP) is 1.50. The second-order valence-corrected chi connectivity index (χ2v) is 4.04. The molecule has 1 aromatic heterocycles. The first kappa shape index (κ1) is 8.75. The second kappa shape index (κ2) is 3.14. The molecule has 1 N–H and O–H groups in total. The van der Waals surface area contributed by atoms with Crippen LogP contribution in [0, 0.1) is 11.8 Å². The highest BCUT2D eigenvalue weighted by atomic mass is 16.3. The van der Waals surface area contributed by atoms with Crippen LogP contribution in [0.2, 0.25) is 0 Å². The van der Waals surface area contributed by atoms with Gasteiger partial charge in [-0.2, -0.15) is 0 Å². The van der Waals surface area contributed by atoms with Crippen LogP contribution in [-0.4, -0.2) is 14.7 Å². The molecule has 3 heteroatoms. The van der Waals surface area contributed by atoms with E-state index in [1.165, 1.54) is 12.8 Å². The summed E-state index contributed by atoms with van der Waals surface area (Å²) in [6.07, 6.45) is 5.74. The average molecular weight is 180 g/mol. The van der Waals surface area contributed by atoms with Gasteiger partial charge in [0.2, 0.25) is 0 Å². The molecule has 0 radical (unpaired) electrons. The van der Waals surface area contributed by atoms with Gasteiger partial charge in [0.25, 0.3) is 0 Å². The smallest absolute Gasteiger partial charge is 0.137 e. The Morgan fingerprint density at radius 1 is 1.62 bits per heavy atom. The molecule has 0 amide bonds. The molecule has 13 heavy (non-hydrogen) atoms. The average Bonchev–Trinajstić information content (AvgIpc) is 2.87. The third kappa shape index (κ3) is 1.61. The molecule has 0 aromatic carbocycles. The Bertz CT molecular complexity index is 291. The second-order valence-electron chi connectivity index (χ2n) is 4.04. The Labute approximate surface area is 78.4 Å². The molecule has 2 atom stereocenters. The number of aromatic nitrogens is 2. The number of imidazole rings is 1. The van der Waals surface area contributed by atoms with Crippen molar-refractivity contribution in [3.63, 3.8) is 0 Å². The summed E-state index contributed by atoms with van der Waals surface area (Å²) >= 11 is 0. The molecule has 1 saturated carbocycles. The SMILES string of the molecule is CC(C1CC1)C(O)c1nccn1C. The van der Waals surface area contributed by atoms with Gasteiger partial charge >= 0.3 is 0 Å². The highest BCUT2D eigenvalue weighted by molar-refractivity contribution is 4.99. The molecule has 0 bridgehead atoms. The highest BCUT2D eigenvalue weighted by Crippen LogP contribution is 2.42. The lowest BCUT2D eigenvalue weighted by Gasteiger charge is -2.17. The number of hydrogen-bond donors (Lipinski definition) is 1. The van der Waals surface area contributed by atoms with E-state index in [2.05, 4.69) is 11.9 Å². The Morgan fingerprint density at radius 3 is 2.77 bits per heavy atom. The van der Waals surface area contributed by atoms with Crippen molar-refractivity contribution in [2.24, 2.45) is 18.9 Å². The van der Waals surface area contributed by atoms with Crippen molar-refractivity contribution in [2.45, 2.75) is 25.9 Å². The maximum absolute atomic E-state index is 9.99. The van der Waals surface area contributed by atoms with Crippen LogP contribution in [0.3, 0.4) is 0 Å². The molecule has 2 rings (SSSR count). The van der Waals surface area contributed by atoms with E-state index in [1.807, 2.05) is 17.8 Å². The van der Waals surface area contributed by atoms with E-state index in [9.17, 15) is 5.11 Å². The van der Waals surface area contributed by atoms with E-state index >= 15 is 0 Å². The fraction of sp³-hybridized carbons (Fsp3) is 0.700. The van der Waals surface area contributed by atoms with Crippen LogP contribution in [-0.2, 0) is 7.05 Å². The largest absolute Gasteiger partial charge is 0.385 e. The van der Waals surface area contributed by atoms with Crippen LogP contribution in [0.25, 0.3) is 0 Å². The molecule has 1 aliphatic carbocycles. The first-order valence-corrected chi connectivity index (χ1v) is 4.85. The zero-order valence-corrected chi connectivity index (χ0v) is 8.14. The van der Waals surface area contributed by atoms with Crippen molar-refractivity contribution in [3.8, 4) is 0 Å². The number of rotatable bonds is 3. The lowest BCUT2D eigenvalue weighted by molar-refractivity contribution is 0.0945. The molecule has 1 fully saturated rings. The van der Waals surface area contributed by atoms with Crippen molar-refractivity contribution >= 4 is 0 Å². The summed E-state index contributed by atoms with van der Waals surface area (Å²) in [5.74, 6) is 1.85. The monoisotopic (exact) mass is 180 g/mol. The quantitative estimate of drug-likeness (QED) is 0.765. The minimum atomic E-state index is -0.396. The first-order chi connectivity index (χ1) is 6.20. The molecule has 2 unspecified atom stereocenters. The third-order valence-electron chi connectivity index (χ3n) is 2.99. The van der Waals surface area contributed by atoms with E-state index in [4.69, 9.17) is 0 Å². The fourth-order valence-electron chi connectivity index (χ4n) is 1.78.